The van der Waals surface area contributed by atoms with Crippen molar-refractivity contribution in [2.24, 2.45) is 5.73 Å². The van der Waals surface area contributed by atoms with Crippen molar-refractivity contribution in [1.29, 1.82) is 5.26 Å². The van der Waals surface area contributed by atoms with Crippen LogP contribution in [0.5, 0.6) is 0 Å². The van der Waals surface area contributed by atoms with Gasteiger partial charge in [-0.3, -0.25) is 0 Å². The number of anilines is 1. The molecule has 1 aliphatic carbocycles. The summed E-state index contributed by atoms with van der Waals surface area (Å²) in [6.45, 7) is 3.87. The van der Waals surface area contributed by atoms with Crippen molar-refractivity contribution in [2.45, 2.75) is 37.5 Å². The van der Waals surface area contributed by atoms with Gasteiger partial charge in [-0.15, -0.1) is 0 Å². The number of nitrogens with one attached hydrogen (secondary N) is 2. The number of nitriles is 1. The molecule has 1 aliphatic rings. The molecular weight excluding hydrogens is 452 g/mol. The van der Waals surface area contributed by atoms with E-state index in [1.54, 1.807) is 19.2 Å². The molecule has 176 valence electrons. The van der Waals surface area contributed by atoms with E-state index >= 15 is 0 Å². The van der Waals surface area contributed by atoms with Gasteiger partial charge in [-0.2, -0.15) is 0 Å². The maximum absolute atomic E-state index is 13.9. The summed E-state index contributed by atoms with van der Waals surface area (Å²) in [5.74, 6) is 0.131. The number of halogens is 3. The maximum atomic E-state index is 13.9. The second-order valence-electron chi connectivity index (χ2n) is 8.81. The van der Waals surface area contributed by atoms with Gasteiger partial charge in [-0.05, 0) is 0 Å². The minimum absolute atomic E-state index is 0.0193. The fourth-order valence-electron chi connectivity index (χ4n) is 4.41. The van der Waals surface area contributed by atoms with Gasteiger partial charge < -0.3 is 0 Å². The zero-order chi connectivity index (χ0) is 24.0. The first-order valence-electron chi connectivity index (χ1n) is 10.6. The molecule has 33 heavy (non-hydrogen) atoms. The predicted molar refractivity (Wildman–Crippen MR) is 125 cm³/mol. The monoisotopic (exact) mass is 478 g/mol. The predicted octanol–water partition coefficient (Wildman–Crippen LogP) is 4.00. The molecular formula is C22H26F3N6OP. The van der Waals surface area contributed by atoms with E-state index in [-0.39, 0.29) is 29.3 Å². The fourth-order valence-corrected chi connectivity index (χ4v) is 6.21. The van der Waals surface area contributed by atoms with Crippen LogP contribution in [-0.4, -0.2) is 47.5 Å². The van der Waals surface area contributed by atoms with Crippen molar-refractivity contribution in [3.8, 4) is 17.3 Å². The standard InChI is InChI=1S/C22H26F3N6OP/c1-32-33(2,3)20-12(9-26)4-7-15-16(10-28-19(15)20)18-17(22(23,24)25)11-29-21(31-18)30-14-6-5-13(27)8-14/h4,7,10-11,13-14,28,33H,5-6,8,27H2,1-3H3,(H,29,30,31)/t13-,14-/m0/s1. The summed E-state index contributed by atoms with van der Waals surface area (Å²) in [5, 5.41) is 14.0. The Labute approximate surface area is 190 Å². The number of aromatic amines is 1. The first-order valence-corrected chi connectivity index (χ1v) is 13.5. The van der Waals surface area contributed by atoms with Crippen molar-refractivity contribution in [2.75, 3.05) is 25.8 Å². The van der Waals surface area contributed by atoms with Crippen LogP contribution in [0, 0.1) is 11.3 Å². The Bertz CT molecular complexity index is 1230. The second-order valence-corrected chi connectivity index (χ2v) is 12.7. The summed E-state index contributed by atoms with van der Waals surface area (Å²) < 4.78 is 47.4. The summed E-state index contributed by atoms with van der Waals surface area (Å²) >= 11 is 0. The number of hydrogen-bond donors (Lipinski definition) is 3. The van der Waals surface area contributed by atoms with Crippen LogP contribution in [0.2, 0.25) is 0 Å². The third-order valence-corrected chi connectivity index (χ3v) is 8.99. The Morgan fingerprint density at radius 2 is 2.06 bits per heavy atom. The first-order chi connectivity index (χ1) is 15.5. The SMILES string of the molecule is CO[PH](C)(C)c1c(C#N)ccc2c(-c3nc(N[C@H]4CC[C@H](N)C4)ncc3C(F)(F)F)c[nH]c12. The Hall–Kier alpha value is -2.73. The number of benzene rings is 1. The number of aromatic nitrogens is 3. The molecule has 1 fully saturated rings. The molecule has 1 aromatic carbocycles. The molecule has 0 bridgehead atoms. The normalized spacial score (nSPS) is 19.6. The molecule has 4 rings (SSSR count). The van der Waals surface area contributed by atoms with Crippen molar-refractivity contribution < 1.29 is 17.7 Å². The van der Waals surface area contributed by atoms with Gasteiger partial charge in [0.1, 0.15) is 0 Å². The number of H-pyrrole nitrogens is 1. The molecule has 2 atom stereocenters. The van der Waals surface area contributed by atoms with E-state index in [1.165, 1.54) is 6.20 Å². The van der Waals surface area contributed by atoms with Gasteiger partial charge in [0.15, 0.2) is 0 Å². The van der Waals surface area contributed by atoms with E-state index in [0.717, 1.165) is 19.0 Å². The number of alkyl halides is 3. The molecule has 2 aromatic heterocycles. The van der Waals surface area contributed by atoms with Gasteiger partial charge in [-0.1, -0.05) is 0 Å². The van der Waals surface area contributed by atoms with E-state index in [4.69, 9.17) is 10.3 Å². The number of rotatable bonds is 5. The number of nitrogens with two attached hydrogens (primary N) is 1. The summed E-state index contributed by atoms with van der Waals surface area (Å²) in [6.07, 6.45) is 0.0494. The Morgan fingerprint density at radius 3 is 2.67 bits per heavy atom. The summed E-state index contributed by atoms with van der Waals surface area (Å²) in [5.41, 5.74) is 6.12. The average Bonchev–Trinajstić information content (AvgIpc) is 3.37. The van der Waals surface area contributed by atoms with Gasteiger partial charge in [0.05, 0.1) is 0 Å². The van der Waals surface area contributed by atoms with Gasteiger partial charge in [0.25, 0.3) is 0 Å². The Morgan fingerprint density at radius 1 is 1.30 bits per heavy atom. The van der Waals surface area contributed by atoms with Crippen LogP contribution in [0.4, 0.5) is 19.1 Å². The van der Waals surface area contributed by atoms with Crippen molar-refractivity contribution >= 4 is 29.6 Å². The van der Waals surface area contributed by atoms with Crippen LogP contribution in [-0.2, 0) is 10.7 Å². The van der Waals surface area contributed by atoms with Gasteiger partial charge >= 0.3 is 190 Å². The van der Waals surface area contributed by atoms with E-state index in [1.807, 2.05) is 13.3 Å². The Balaban J connectivity index is 1.88. The zero-order valence-corrected chi connectivity index (χ0v) is 19.5. The second kappa shape index (κ2) is 8.56. The molecule has 0 saturated heterocycles. The van der Waals surface area contributed by atoms with Crippen LogP contribution < -0.4 is 16.4 Å². The third kappa shape index (κ3) is 4.41. The molecule has 0 aliphatic heterocycles. The summed E-state index contributed by atoms with van der Waals surface area (Å²) in [4.78, 5) is 11.3. The zero-order valence-electron chi connectivity index (χ0n) is 18.5. The number of hydrogen-bond acceptors (Lipinski definition) is 6. The quantitative estimate of drug-likeness (QED) is 0.478. The minimum atomic E-state index is -4.64. The van der Waals surface area contributed by atoms with Crippen LogP contribution in [0.3, 0.4) is 0 Å². The Kier molecular flexibility index (Phi) is 6.08. The molecule has 4 N–H and O–H groups in total. The van der Waals surface area contributed by atoms with E-state index < -0.39 is 19.2 Å². The molecule has 1 saturated carbocycles. The fraction of sp³-hybridized carbons (Fsp3) is 0.409. The number of nitrogens with zero attached hydrogens (tertiary/aromatic N) is 3. The van der Waals surface area contributed by atoms with Gasteiger partial charge in [-0.25, -0.2) is 0 Å². The summed E-state index contributed by atoms with van der Waals surface area (Å²) in [6, 6.07) is 5.52. The van der Waals surface area contributed by atoms with Crippen LogP contribution in [0.1, 0.15) is 30.4 Å². The molecule has 0 spiro atoms. The molecule has 0 radical (unpaired) electrons. The van der Waals surface area contributed by atoms with E-state index in [0.29, 0.717) is 28.2 Å². The van der Waals surface area contributed by atoms with Crippen molar-refractivity contribution in [1.82, 2.24) is 15.0 Å². The van der Waals surface area contributed by atoms with Gasteiger partial charge in [0, 0.05) is 0 Å². The average molecular weight is 478 g/mol. The van der Waals surface area contributed by atoms with Crippen molar-refractivity contribution in [3.05, 3.63) is 35.7 Å². The van der Waals surface area contributed by atoms with E-state index in [2.05, 4.69) is 26.3 Å². The molecule has 0 unspecified atom stereocenters. The molecule has 3 aromatic rings. The topological polar surface area (TPSA) is 113 Å². The van der Waals surface area contributed by atoms with E-state index in [9.17, 15) is 18.4 Å². The van der Waals surface area contributed by atoms with Crippen molar-refractivity contribution in [3.63, 3.8) is 0 Å². The third-order valence-electron chi connectivity index (χ3n) is 6.24. The molecule has 7 nitrogen and oxygen atoms in total. The van der Waals surface area contributed by atoms with Crippen LogP contribution in [0.15, 0.2) is 24.5 Å². The number of fused-ring (bicyclic) bond motifs is 1. The van der Waals surface area contributed by atoms with Gasteiger partial charge in [0.2, 0.25) is 0 Å². The van der Waals surface area contributed by atoms with Crippen LogP contribution >= 0.6 is 7.49 Å². The van der Waals surface area contributed by atoms with Crippen LogP contribution in [0.25, 0.3) is 22.2 Å². The molecule has 11 heteroatoms. The summed E-state index contributed by atoms with van der Waals surface area (Å²) in [7, 11) is -0.918. The first kappa shape index (κ1) is 23.4. The molecule has 0 amide bonds. The molecule has 2 heterocycles.